The highest BCUT2D eigenvalue weighted by molar-refractivity contribution is 5.90. The summed E-state index contributed by atoms with van der Waals surface area (Å²) in [5.41, 5.74) is 1.42. The number of tetrazole rings is 1. The molecule has 9 nitrogen and oxygen atoms in total. The first kappa shape index (κ1) is 15.6. The summed E-state index contributed by atoms with van der Waals surface area (Å²) < 4.78 is 1.63. The normalized spacial score (nSPS) is 10.6. The van der Waals surface area contributed by atoms with E-state index in [4.69, 9.17) is 0 Å². The Hall–Kier alpha value is -3.88. The summed E-state index contributed by atoms with van der Waals surface area (Å²) in [5.74, 6) is 0.873. The summed E-state index contributed by atoms with van der Waals surface area (Å²) in [6.07, 6.45) is 5.03. The highest BCUT2D eigenvalue weighted by Gasteiger charge is 2.09. The van der Waals surface area contributed by atoms with Crippen LogP contribution in [0.2, 0.25) is 0 Å². The Morgan fingerprint density at radius 2 is 1.96 bits per heavy atom. The molecule has 0 unspecified atom stereocenters. The third kappa shape index (κ3) is 3.46. The van der Waals surface area contributed by atoms with Crippen molar-refractivity contribution in [3.8, 4) is 17.2 Å². The third-order valence-corrected chi connectivity index (χ3v) is 3.54. The van der Waals surface area contributed by atoms with E-state index in [-0.39, 0.29) is 12.5 Å². The zero-order valence-corrected chi connectivity index (χ0v) is 13.6. The molecule has 0 saturated heterocycles. The molecule has 0 spiro atoms. The molecular formula is C17H14N8O. The molecule has 1 amide bonds. The predicted octanol–water partition coefficient (Wildman–Crippen LogP) is 1.56. The first-order valence-electron chi connectivity index (χ1n) is 7.87. The average Bonchev–Trinajstić information content (AvgIpc) is 3.35. The van der Waals surface area contributed by atoms with E-state index in [1.807, 2.05) is 36.4 Å². The van der Waals surface area contributed by atoms with Crippen LogP contribution in [0.5, 0.6) is 0 Å². The van der Waals surface area contributed by atoms with Crippen molar-refractivity contribution in [2.75, 3.05) is 5.32 Å². The molecule has 0 saturated carbocycles. The van der Waals surface area contributed by atoms with Crippen LogP contribution in [-0.2, 0) is 11.3 Å². The number of hydrogen-bond donors (Lipinski definition) is 1. The fourth-order valence-corrected chi connectivity index (χ4v) is 2.34. The Morgan fingerprint density at radius 1 is 1.08 bits per heavy atom. The lowest BCUT2D eigenvalue weighted by Gasteiger charge is -2.05. The molecule has 0 aliphatic rings. The summed E-state index contributed by atoms with van der Waals surface area (Å²) in [5, 5.41) is 18.9. The monoisotopic (exact) mass is 346 g/mol. The SMILES string of the molecule is O=C(Cn1nnc(-c2ccccc2)n1)Nc1ccc(-n2cccn2)nc1. The van der Waals surface area contributed by atoms with Crippen molar-refractivity contribution in [2.24, 2.45) is 0 Å². The fourth-order valence-electron chi connectivity index (χ4n) is 2.34. The molecule has 1 N–H and O–H groups in total. The minimum absolute atomic E-state index is 0.0409. The quantitative estimate of drug-likeness (QED) is 0.588. The van der Waals surface area contributed by atoms with Gasteiger partial charge in [0.05, 0.1) is 11.9 Å². The zero-order valence-electron chi connectivity index (χ0n) is 13.6. The number of nitrogens with one attached hydrogen (secondary N) is 1. The molecule has 9 heteroatoms. The Kier molecular flexibility index (Phi) is 4.17. The van der Waals surface area contributed by atoms with Gasteiger partial charge >= 0.3 is 0 Å². The van der Waals surface area contributed by atoms with Crippen LogP contribution < -0.4 is 5.32 Å². The van der Waals surface area contributed by atoms with Gasteiger partial charge in [-0.1, -0.05) is 30.3 Å². The Bertz CT molecular complexity index is 993. The number of aromatic nitrogens is 7. The van der Waals surface area contributed by atoms with E-state index in [0.717, 1.165) is 5.56 Å². The Labute approximate surface area is 148 Å². The van der Waals surface area contributed by atoms with Crippen LogP contribution in [0, 0.1) is 0 Å². The van der Waals surface area contributed by atoms with E-state index in [0.29, 0.717) is 17.3 Å². The molecule has 4 aromatic rings. The van der Waals surface area contributed by atoms with E-state index >= 15 is 0 Å². The zero-order chi connectivity index (χ0) is 17.8. The lowest BCUT2D eigenvalue weighted by Crippen LogP contribution is -2.20. The smallest absolute Gasteiger partial charge is 0.248 e. The molecule has 1 aromatic carbocycles. The van der Waals surface area contributed by atoms with Crippen LogP contribution in [0.4, 0.5) is 5.69 Å². The van der Waals surface area contributed by atoms with Crippen LogP contribution in [0.25, 0.3) is 17.2 Å². The minimum atomic E-state index is -0.268. The second-order valence-corrected chi connectivity index (χ2v) is 5.41. The molecule has 0 radical (unpaired) electrons. The van der Waals surface area contributed by atoms with E-state index in [2.05, 4.69) is 30.8 Å². The summed E-state index contributed by atoms with van der Waals surface area (Å²) in [6, 6.07) is 14.8. The van der Waals surface area contributed by atoms with Gasteiger partial charge in [0, 0.05) is 18.0 Å². The standard InChI is InChI=1S/C17H14N8O/c26-16(12-25-22-17(21-23-25)13-5-2-1-3-6-13)20-14-7-8-15(18-11-14)24-10-4-9-19-24/h1-11H,12H2,(H,20,26). The Morgan fingerprint density at radius 3 is 2.69 bits per heavy atom. The highest BCUT2D eigenvalue weighted by Crippen LogP contribution is 2.12. The second-order valence-electron chi connectivity index (χ2n) is 5.41. The largest absolute Gasteiger partial charge is 0.323 e. The van der Waals surface area contributed by atoms with Gasteiger partial charge in [-0.3, -0.25) is 4.79 Å². The van der Waals surface area contributed by atoms with Gasteiger partial charge < -0.3 is 5.32 Å². The van der Waals surface area contributed by atoms with Crippen molar-refractivity contribution in [3.63, 3.8) is 0 Å². The maximum absolute atomic E-state index is 12.2. The van der Waals surface area contributed by atoms with Crippen LogP contribution in [0.1, 0.15) is 0 Å². The predicted molar refractivity (Wildman–Crippen MR) is 93.2 cm³/mol. The van der Waals surface area contributed by atoms with Gasteiger partial charge in [0.2, 0.25) is 11.7 Å². The van der Waals surface area contributed by atoms with Gasteiger partial charge in [-0.2, -0.15) is 9.90 Å². The molecule has 0 atom stereocenters. The van der Waals surface area contributed by atoms with Crippen molar-refractivity contribution in [2.45, 2.75) is 6.54 Å². The van der Waals surface area contributed by atoms with E-state index in [1.54, 1.807) is 35.4 Å². The summed E-state index contributed by atoms with van der Waals surface area (Å²) in [4.78, 5) is 17.7. The summed E-state index contributed by atoms with van der Waals surface area (Å²) in [6.45, 7) is -0.0409. The number of benzene rings is 1. The molecule has 0 aliphatic carbocycles. The number of amides is 1. The number of carbonyl (C=O) groups excluding carboxylic acids is 1. The van der Waals surface area contributed by atoms with Gasteiger partial charge in [-0.05, 0) is 23.4 Å². The number of nitrogens with zero attached hydrogens (tertiary/aromatic N) is 7. The van der Waals surface area contributed by atoms with Crippen LogP contribution >= 0.6 is 0 Å². The second kappa shape index (κ2) is 6.93. The van der Waals surface area contributed by atoms with Crippen molar-refractivity contribution in [1.82, 2.24) is 35.0 Å². The summed E-state index contributed by atoms with van der Waals surface area (Å²) >= 11 is 0. The molecule has 128 valence electrons. The van der Waals surface area contributed by atoms with Crippen molar-refractivity contribution in [3.05, 3.63) is 67.1 Å². The van der Waals surface area contributed by atoms with Crippen molar-refractivity contribution in [1.29, 1.82) is 0 Å². The minimum Gasteiger partial charge on any atom is -0.323 e. The average molecular weight is 346 g/mol. The summed E-state index contributed by atoms with van der Waals surface area (Å²) in [7, 11) is 0. The molecular weight excluding hydrogens is 332 g/mol. The third-order valence-electron chi connectivity index (χ3n) is 3.54. The van der Waals surface area contributed by atoms with E-state index in [9.17, 15) is 4.79 Å². The van der Waals surface area contributed by atoms with E-state index in [1.165, 1.54) is 4.80 Å². The van der Waals surface area contributed by atoms with Gasteiger partial charge in [-0.25, -0.2) is 9.67 Å². The van der Waals surface area contributed by atoms with E-state index < -0.39 is 0 Å². The van der Waals surface area contributed by atoms with Gasteiger partial charge in [0.25, 0.3) is 0 Å². The number of rotatable bonds is 5. The molecule has 3 aromatic heterocycles. The first-order valence-corrected chi connectivity index (χ1v) is 7.87. The molecule has 0 fully saturated rings. The lowest BCUT2D eigenvalue weighted by molar-refractivity contribution is -0.117. The molecule has 3 heterocycles. The number of pyridine rings is 1. The maximum atomic E-state index is 12.2. The van der Waals surface area contributed by atoms with Crippen LogP contribution in [0.3, 0.4) is 0 Å². The maximum Gasteiger partial charge on any atom is 0.248 e. The lowest BCUT2D eigenvalue weighted by atomic mass is 10.2. The molecule has 0 bridgehead atoms. The van der Waals surface area contributed by atoms with Crippen molar-refractivity contribution >= 4 is 11.6 Å². The number of carbonyl (C=O) groups is 1. The van der Waals surface area contributed by atoms with Crippen molar-refractivity contribution < 1.29 is 4.79 Å². The highest BCUT2D eigenvalue weighted by atomic mass is 16.2. The number of anilines is 1. The van der Waals surface area contributed by atoms with Crippen LogP contribution in [0.15, 0.2) is 67.1 Å². The fraction of sp³-hybridized carbons (Fsp3) is 0.0588. The molecule has 4 rings (SSSR count). The van der Waals surface area contributed by atoms with Gasteiger partial charge in [0.15, 0.2) is 5.82 Å². The number of hydrogen-bond acceptors (Lipinski definition) is 6. The van der Waals surface area contributed by atoms with Gasteiger partial charge in [0.1, 0.15) is 6.54 Å². The topological polar surface area (TPSA) is 103 Å². The molecule has 26 heavy (non-hydrogen) atoms. The van der Waals surface area contributed by atoms with Crippen LogP contribution in [-0.4, -0.2) is 40.9 Å². The Balaban J connectivity index is 1.39. The molecule has 0 aliphatic heterocycles. The first-order chi connectivity index (χ1) is 12.8. The van der Waals surface area contributed by atoms with Gasteiger partial charge in [-0.15, -0.1) is 10.2 Å².